The Bertz CT molecular complexity index is 1750. The van der Waals surface area contributed by atoms with Crippen LogP contribution in [-0.2, 0) is 32.6 Å². The summed E-state index contributed by atoms with van der Waals surface area (Å²) in [5, 5.41) is 3.75. The summed E-state index contributed by atoms with van der Waals surface area (Å²) in [4.78, 5) is 29.8. The second-order valence-electron chi connectivity index (χ2n) is 11.5. The third kappa shape index (κ3) is 9.01. The molecule has 0 aliphatic heterocycles. The van der Waals surface area contributed by atoms with Crippen LogP contribution in [0.15, 0.2) is 108 Å². The highest BCUT2D eigenvalue weighted by Gasteiger charge is 2.36. The van der Waals surface area contributed by atoms with E-state index in [-0.39, 0.29) is 33.6 Å². The number of benzene rings is 4. The minimum Gasteiger partial charge on any atom is -0.350 e. The molecule has 0 aliphatic carbocycles. The number of sulfonamides is 1. The van der Waals surface area contributed by atoms with Gasteiger partial charge in [-0.15, -0.1) is 0 Å². The summed E-state index contributed by atoms with van der Waals surface area (Å²) in [5.41, 5.74) is 0.953. The number of carbonyl (C=O) groups excluding carboxylic acids is 2. The molecule has 0 fully saturated rings. The number of nitrogens with zero attached hydrogens (tertiary/aromatic N) is 2. The highest BCUT2D eigenvalue weighted by Crippen LogP contribution is 2.31. The first-order valence-corrected chi connectivity index (χ1v) is 16.8. The van der Waals surface area contributed by atoms with Crippen LogP contribution >= 0.6 is 34.8 Å². The maximum atomic E-state index is 14.5. The van der Waals surface area contributed by atoms with E-state index in [1.54, 1.807) is 42.5 Å². The fourth-order valence-corrected chi connectivity index (χ4v) is 6.62. The fraction of sp³-hybridized carbons (Fsp3) is 0.235. The van der Waals surface area contributed by atoms with E-state index >= 15 is 0 Å². The predicted octanol–water partition coefficient (Wildman–Crippen LogP) is 7.40. The number of halogens is 3. The highest BCUT2D eigenvalue weighted by molar-refractivity contribution is 7.92. The summed E-state index contributed by atoms with van der Waals surface area (Å²) in [7, 11) is -4.27. The van der Waals surface area contributed by atoms with Crippen molar-refractivity contribution < 1.29 is 18.0 Å². The molecular formula is C34H34Cl3N3O4S. The molecule has 0 aliphatic rings. The first-order chi connectivity index (χ1) is 21.3. The molecule has 0 saturated heterocycles. The van der Waals surface area contributed by atoms with Gasteiger partial charge in [0.2, 0.25) is 11.8 Å². The van der Waals surface area contributed by atoms with Crippen LogP contribution in [0.5, 0.6) is 0 Å². The first-order valence-electron chi connectivity index (χ1n) is 14.2. The van der Waals surface area contributed by atoms with Crippen molar-refractivity contribution in [2.45, 2.75) is 50.2 Å². The minimum absolute atomic E-state index is 0.0205. The van der Waals surface area contributed by atoms with Crippen LogP contribution in [0.1, 0.15) is 31.9 Å². The van der Waals surface area contributed by atoms with Crippen molar-refractivity contribution >= 4 is 62.3 Å². The molecule has 0 radical (unpaired) electrons. The SMILES string of the molecule is CC(C)(C)NC(=O)C(Cc1ccccc1)N(Cc1ccccc1Cl)C(=O)CN(c1ccc(Cl)c(Cl)c1)S(=O)(=O)c1ccccc1. The smallest absolute Gasteiger partial charge is 0.264 e. The molecule has 0 spiro atoms. The Morgan fingerprint density at radius 1 is 0.778 bits per heavy atom. The Morgan fingerprint density at radius 3 is 1.98 bits per heavy atom. The van der Waals surface area contributed by atoms with Gasteiger partial charge in [-0.3, -0.25) is 13.9 Å². The van der Waals surface area contributed by atoms with Crippen molar-refractivity contribution in [2.24, 2.45) is 0 Å². The molecule has 4 rings (SSSR count). The molecule has 11 heteroatoms. The van der Waals surface area contributed by atoms with Gasteiger partial charge < -0.3 is 10.2 Å². The van der Waals surface area contributed by atoms with Gasteiger partial charge >= 0.3 is 0 Å². The second kappa shape index (κ2) is 14.7. The third-order valence-electron chi connectivity index (χ3n) is 6.87. The van der Waals surface area contributed by atoms with Crippen LogP contribution in [0.2, 0.25) is 15.1 Å². The molecule has 0 heterocycles. The Kier molecular flexibility index (Phi) is 11.2. The zero-order valence-electron chi connectivity index (χ0n) is 25.1. The van der Waals surface area contributed by atoms with E-state index in [0.717, 1.165) is 9.87 Å². The lowest BCUT2D eigenvalue weighted by atomic mass is 10.0. The number of nitrogens with one attached hydrogen (secondary N) is 1. The number of hydrogen-bond acceptors (Lipinski definition) is 4. The van der Waals surface area contributed by atoms with Crippen LogP contribution in [0, 0.1) is 0 Å². The molecule has 4 aromatic rings. The van der Waals surface area contributed by atoms with Crippen LogP contribution in [-0.4, -0.2) is 43.3 Å². The Balaban J connectivity index is 1.84. The molecule has 1 unspecified atom stereocenters. The molecule has 1 N–H and O–H groups in total. The molecule has 1 atom stereocenters. The molecule has 0 aromatic heterocycles. The number of anilines is 1. The largest absolute Gasteiger partial charge is 0.350 e. The van der Waals surface area contributed by atoms with E-state index in [1.807, 2.05) is 51.1 Å². The van der Waals surface area contributed by atoms with E-state index in [9.17, 15) is 18.0 Å². The van der Waals surface area contributed by atoms with Gasteiger partial charge in [0.15, 0.2) is 0 Å². The number of carbonyl (C=O) groups is 2. The zero-order chi connectivity index (χ0) is 32.8. The molecular weight excluding hydrogens is 653 g/mol. The number of rotatable bonds is 11. The van der Waals surface area contributed by atoms with Crippen molar-refractivity contribution in [3.63, 3.8) is 0 Å². The molecule has 4 aromatic carbocycles. The average Bonchev–Trinajstić information content (AvgIpc) is 3.00. The quantitative estimate of drug-likeness (QED) is 0.178. The van der Waals surface area contributed by atoms with Gasteiger partial charge in [-0.05, 0) is 68.3 Å². The Labute approximate surface area is 279 Å². The van der Waals surface area contributed by atoms with Crippen molar-refractivity contribution in [3.05, 3.63) is 129 Å². The van der Waals surface area contributed by atoms with E-state index in [1.165, 1.54) is 35.2 Å². The van der Waals surface area contributed by atoms with Crippen LogP contribution in [0.4, 0.5) is 5.69 Å². The van der Waals surface area contributed by atoms with Gasteiger partial charge in [-0.2, -0.15) is 0 Å². The van der Waals surface area contributed by atoms with Gasteiger partial charge in [-0.25, -0.2) is 8.42 Å². The number of hydrogen-bond donors (Lipinski definition) is 1. The number of amides is 2. The normalized spacial score (nSPS) is 12.3. The summed E-state index contributed by atoms with van der Waals surface area (Å²) >= 11 is 19.0. The molecule has 45 heavy (non-hydrogen) atoms. The lowest BCUT2D eigenvalue weighted by Gasteiger charge is -2.35. The van der Waals surface area contributed by atoms with E-state index in [2.05, 4.69) is 5.32 Å². The van der Waals surface area contributed by atoms with Crippen molar-refractivity contribution in [1.29, 1.82) is 0 Å². The Morgan fingerprint density at radius 2 is 1.38 bits per heavy atom. The van der Waals surface area contributed by atoms with Gasteiger partial charge in [0.1, 0.15) is 12.6 Å². The van der Waals surface area contributed by atoms with Gasteiger partial charge in [-0.1, -0.05) is 102 Å². The lowest BCUT2D eigenvalue weighted by Crippen LogP contribution is -2.56. The summed E-state index contributed by atoms with van der Waals surface area (Å²) in [6.45, 7) is 4.87. The summed E-state index contributed by atoms with van der Waals surface area (Å²) < 4.78 is 29.1. The van der Waals surface area contributed by atoms with Gasteiger partial charge in [0.25, 0.3) is 10.0 Å². The minimum atomic E-state index is -4.27. The molecule has 7 nitrogen and oxygen atoms in total. The van der Waals surface area contributed by atoms with E-state index < -0.39 is 40.0 Å². The first kappa shape index (κ1) is 34.3. The highest BCUT2D eigenvalue weighted by atomic mass is 35.5. The average molecular weight is 687 g/mol. The fourth-order valence-electron chi connectivity index (χ4n) is 4.71. The predicted molar refractivity (Wildman–Crippen MR) is 181 cm³/mol. The third-order valence-corrected chi connectivity index (χ3v) is 9.76. The molecule has 0 bridgehead atoms. The topological polar surface area (TPSA) is 86.8 Å². The van der Waals surface area contributed by atoms with Gasteiger partial charge in [0, 0.05) is 23.5 Å². The van der Waals surface area contributed by atoms with E-state index in [0.29, 0.717) is 10.6 Å². The maximum absolute atomic E-state index is 14.5. The van der Waals surface area contributed by atoms with Crippen molar-refractivity contribution in [2.75, 3.05) is 10.8 Å². The molecule has 2 amide bonds. The molecule has 236 valence electrons. The summed E-state index contributed by atoms with van der Waals surface area (Å²) in [5.74, 6) is -1.01. The van der Waals surface area contributed by atoms with Crippen LogP contribution < -0.4 is 9.62 Å². The van der Waals surface area contributed by atoms with E-state index in [4.69, 9.17) is 34.8 Å². The zero-order valence-corrected chi connectivity index (χ0v) is 28.2. The van der Waals surface area contributed by atoms with Crippen molar-refractivity contribution in [1.82, 2.24) is 10.2 Å². The lowest BCUT2D eigenvalue weighted by molar-refractivity contribution is -0.140. The van der Waals surface area contributed by atoms with Crippen molar-refractivity contribution in [3.8, 4) is 0 Å². The Hall–Kier alpha value is -3.56. The second-order valence-corrected chi connectivity index (χ2v) is 14.6. The van der Waals surface area contributed by atoms with Crippen LogP contribution in [0.25, 0.3) is 0 Å². The maximum Gasteiger partial charge on any atom is 0.264 e. The molecule has 0 saturated carbocycles. The monoisotopic (exact) mass is 685 g/mol. The van der Waals surface area contributed by atoms with Crippen LogP contribution in [0.3, 0.4) is 0 Å². The van der Waals surface area contributed by atoms with Gasteiger partial charge in [0.05, 0.1) is 20.6 Å². The standard InChI is InChI=1S/C34H34Cl3N3O4S/c1-34(2,3)38-33(42)31(20-24-12-6-4-7-13-24)39(22-25-14-10-11-17-28(25)35)32(41)23-40(26-18-19-29(36)30(37)21-26)45(43,44)27-15-8-5-9-16-27/h4-19,21,31H,20,22-23H2,1-3H3,(H,38,42). The summed E-state index contributed by atoms with van der Waals surface area (Å²) in [6.07, 6.45) is 0.178. The summed E-state index contributed by atoms with van der Waals surface area (Å²) in [6, 6.07) is 27.4.